The Kier molecular flexibility index (Phi) is 17.7. The summed E-state index contributed by atoms with van der Waals surface area (Å²) < 4.78 is 3.62. The van der Waals surface area contributed by atoms with E-state index in [0.717, 1.165) is 25.7 Å². The third-order valence-electron chi connectivity index (χ3n) is 9.04. The van der Waals surface area contributed by atoms with Crippen LogP contribution >= 0.6 is 104 Å². The molecule has 0 amide bonds. The molecule has 8 aromatic rings. The molecular formula is C47H43Br3S5. The summed E-state index contributed by atoms with van der Waals surface area (Å²) in [7, 11) is 0. The van der Waals surface area contributed by atoms with Crippen LogP contribution in [0.2, 0.25) is 0 Å². The number of hydrogen-bond acceptors (Lipinski definition) is 5. The highest BCUT2D eigenvalue weighted by atomic mass is 79.9. The highest BCUT2D eigenvalue weighted by Gasteiger charge is 2.14. The quantitative estimate of drug-likeness (QED) is 0.102. The Morgan fingerprint density at radius 2 is 0.727 bits per heavy atom. The summed E-state index contributed by atoms with van der Waals surface area (Å²) in [5.41, 5.74) is 8.74. The summed E-state index contributed by atoms with van der Waals surface area (Å²) >= 11 is 19.4. The number of aryl methyl sites for hydroxylation is 6. The Morgan fingerprint density at radius 3 is 1.09 bits per heavy atom. The SMILES string of the molecule is Brc1ccc(Br)s1.Brc1sccc1CCCc1ccccc1.c1ccc(CCCc2ccsc2-c2ccc(-c3sccc3CCCc3ccccc3)s2)cc1. The zero-order chi connectivity index (χ0) is 38.1. The second-order valence-corrected chi connectivity index (χ2v) is 22.0. The number of thiophene rings is 5. The Labute approximate surface area is 372 Å². The first kappa shape index (κ1) is 42.2. The van der Waals surface area contributed by atoms with Gasteiger partial charge in [-0.15, -0.1) is 56.7 Å². The van der Waals surface area contributed by atoms with Crippen molar-refractivity contribution in [3.05, 3.63) is 194 Å². The summed E-state index contributed by atoms with van der Waals surface area (Å²) in [6.45, 7) is 0. The molecule has 5 aromatic heterocycles. The maximum absolute atomic E-state index is 3.57. The summed E-state index contributed by atoms with van der Waals surface area (Å²) in [4.78, 5) is 5.75. The molecule has 55 heavy (non-hydrogen) atoms. The molecule has 0 aliphatic heterocycles. The first-order valence-electron chi connectivity index (χ1n) is 18.5. The van der Waals surface area contributed by atoms with Gasteiger partial charge in [-0.3, -0.25) is 0 Å². The van der Waals surface area contributed by atoms with Crippen LogP contribution in [0, 0.1) is 0 Å². The van der Waals surface area contributed by atoms with Gasteiger partial charge in [-0.05, 0) is 198 Å². The Bertz CT molecular complexity index is 2130. The maximum Gasteiger partial charge on any atom is 0.0730 e. The smallest absolute Gasteiger partial charge is 0.0730 e. The third kappa shape index (κ3) is 13.9. The van der Waals surface area contributed by atoms with E-state index in [9.17, 15) is 0 Å². The van der Waals surface area contributed by atoms with Gasteiger partial charge in [-0.25, -0.2) is 0 Å². The van der Waals surface area contributed by atoms with E-state index in [2.05, 4.69) is 185 Å². The van der Waals surface area contributed by atoms with E-state index in [4.69, 9.17) is 0 Å². The van der Waals surface area contributed by atoms with Gasteiger partial charge in [0.1, 0.15) is 0 Å². The molecule has 8 rings (SSSR count). The molecule has 282 valence electrons. The van der Waals surface area contributed by atoms with Crippen molar-refractivity contribution in [2.75, 3.05) is 0 Å². The largest absolute Gasteiger partial charge is 0.143 e. The van der Waals surface area contributed by atoms with Crippen molar-refractivity contribution in [1.29, 1.82) is 0 Å². The van der Waals surface area contributed by atoms with Crippen molar-refractivity contribution < 1.29 is 0 Å². The molecule has 0 unspecified atom stereocenters. The molecule has 0 atom stereocenters. The fourth-order valence-corrected chi connectivity index (χ4v) is 13.2. The predicted molar refractivity (Wildman–Crippen MR) is 258 cm³/mol. The van der Waals surface area contributed by atoms with E-state index >= 15 is 0 Å². The minimum Gasteiger partial charge on any atom is -0.143 e. The summed E-state index contributed by atoms with van der Waals surface area (Å²) in [5.74, 6) is 0. The van der Waals surface area contributed by atoms with E-state index in [1.807, 2.05) is 46.1 Å². The molecule has 8 heteroatoms. The van der Waals surface area contributed by atoms with Crippen molar-refractivity contribution in [2.24, 2.45) is 0 Å². The Hall–Kier alpha value is -2.40. The molecule has 0 radical (unpaired) electrons. The van der Waals surface area contributed by atoms with Crippen LogP contribution in [-0.4, -0.2) is 0 Å². The molecule has 0 fully saturated rings. The summed E-state index contributed by atoms with van der Waals surface area (Å²) in [6.07, 6.45) is 10.5. The van der Waals surface area contributed by atoms with Gasteiger partial charge in [-0.1, -0.05) is 91.0 Å². The predicted octanol–water partition coefficient (Wildman–Crippen LogP) is 17.5. The fraction of sp³-hybridized carbons (Fsp3) is 0.191. The van der Waals surface area contributed by atoms with Crippen molar-refractivity contribution in [3.63, 3.8) is 0 Å². The number of benzene rings is 3. The van der Waals surface area contributed by atoms with Gasteiger partial charge in [0.25, 0.3) is 0 Å². The average molecular weight is 1010 g/mol. The lowest BCUT2D eigenvalue weighted by molar-refractivity contribution is 0.821. The third-order valence-corrected chi connectivity index (χ3v) is 16.4. The van der Waals surface area contributed by atoms with Crippen molar-refractivity contribution in [3.8, 4) is 19.5 Å². The van der Waals surface area contributed by atoms with Crippen LogP contribution in [0.5, 0.6) is 0 Å². The molecule has 0 spiro atoms. The Morgan fingerprint density at radius 1 is 0.345 bits per heavy atom. The van der Waals surface area contributed by atoms with Crippen LogP contribution in [0.25, 0.3) is 19.5 Å². The van der Waals surface area contributed by atoms with E-state index in [-0.39, 0.29) is 0 Å². The highest BCUT2D eigenvalue weighted by Crippen LogP contribution is 2.42. The molecular weight excluding hydrogens is 965 g/mol. The fourth-order valence-electron chi connectivity index (χ4n) is 6.25. The average Bonchev–Trinajstić information content (AvgIpc) is 4.07. The Balaban J connectivity index is 0.000000191. The highest BCUT2D eigenvalue weighted by molar-refractivity contribution is 9.12. The zero-order valence-electron chi connectivity index (χ0n) is 30.5. The molecule has 0 nitrogen and oxygen atoms in total. The van der Waals surface area contributed by atoms with E-state index in [0.29, 0.717) is 0 Å². The molecule has 0 saturated heterocycles. The second kappa shape index (κ2) is 23.1. The number of hydrogen-bond donors (Lipinski definition) is 0. The molecule has 0 N–H and O–H groups in total. The van der Waals surface area contributed by atoms with Crippen LogP contribution < -0.4 is 0 Å². The van der Waals surface area contributed by atoms with E-state index < -0.39 is 0 Å². The second-order valence-electron chi connectivity index (χ2n) is 13.0. The van der Waals surface area contributed by atoms with Crippen molar-refractivity contribution in [1.82, 2.24) is 0 Å². The maximum atomic E-state index is 3.57. The van der Waals surface area contributed by atoms with Crippen LogP contribution in [0.3, 0.4) is 0 Å². The standard InChI is InChI=1S/C30H28S3.C13H13BrS.C4H2Br2S/c1-3-9-23(10-4-1)13-7-15-25-19-21-31-29(25)27-17-18-28(33-27)30-26(20-22-32-30)16-8-14-24-11-5-2-6-12-24;14-13-12(9-10-15-13)8-4-7-11-5-2-1-3-6-11;5-3-1-2-4(6)7-3/h1-6,9-12,17-22H,7-8,13-16H2;1-3,5-6,9-10H,4,7-8H2;1-2H. The van der Waals surface area contributed by atoms with Crippen molar-refractivity contribution in [2.45, 2.75) is 57.8 Å². The monoisotopic (exact) mass is 1000 g/mol. The van der Waals surface area contributed by atoms with Crippen LogP contribution in [0.4, 0.5) is 0 Å². The summed E-state index contributed by atoms with van der Waals surface area (Å²) in [6, 6.07) is 47.9. The topological polar surface area (TPSA) is 0 Å². The van der Waals surface area contributed by atoms with Crippen LogP contribution in [-0.2, 0) is 38.5 Å². The molecule has 0 saturated carbocycles. The first-order valence-corrected chi connectivity index (χ1v) is 25.1. The lowest BCUT2D eigenvalue weighted by Crippen LogP contribution is -1.89. The normalized spacial score (nSPS) is 10.7. The van der Waals surface area contributed by atoms with Gasteiger partial charge in [0.05, 0.1) is 11.4 Å². The molecule has 0 bridgehead atoms. The number of halogens is 3. The lowest BCUT2D eigenvalue weighted by atomic mass is 10.0. The summed E-state index contributed by atoms with van der Waals surface area (Å²) in [5, 5.41) is 6.65. The molecule has 0 aliphatic rings. The van der Waals surface area contributed by atoms with Crippen molar-refractivity contribution >= 4 is 104 Å². The van der Waals surface area contributed by atoms with Gasteiger partial charge in [0.15, 0.2) is 0 Å². The van der Waals surface area contributed by atoms with E-state index in [1.54, 1.807) is 22.7 Å². The zero-order valence-corrected chi connectivity index (χ0v) is 39.3. The molecule has 0 aliphatic carbocycles. The van der Waals surface area contributed by atoms with Gasteiger partial charge in [-0.2, -0.15) is 0 Å². The van der Waals surface area contributed by atoms with Crippen LogP contribution in [0.1, 0.15) is 52.6 Å². The molecule has 3 aromatic carbocycles. The molecule has 5 heterocycles. The van der Waals surface area contributed by atoms with Gasteiger partial charge in [0.2, 0.25) is 0 Å². The first-order chi connectivity index (χ1) is 27.0. The minimum absolute atomic E-state index is 1.14. The minimum atomic E-state index is 1.14. The van der Waals surface area contributed by atoms with Gasteiger partial charge < -0.3 is 0 Å². The lowest BCUT2D eigenvalue weighted by Gasteiger charge is -2.04. The van der Waals surface area contributed by atoms with Gasteiger partial charge in [0, 0.05) is 19.5 Å². The van der Waals surface area contributed by atoms with Gasteiger partial charge >= 0.3 is 0 Å². The van der Waals surface area contributed by atoms with Crippen LogP contribution in [0.15, 0.2) is 161 Å². The van der Waals surface area contributed by atoms with E-state index in [1.165, 1.54) is 96.4 Å². The number of rotatable bonds is 14.